The van der Waals surface area contributed by atoms with Gasteiger partial charge in [0, 0.05) is 26.2 Å². The Morgan fingerprint density at radius 3 is 2.88 bits per heavy atom. The zero-order chi connectivity index (χ0) is 12.0. The number of hydrogen-bond acceptors (Lipinski definition) is 4. The minimum Gasteiger partial charge on any atom is -0.481 e. The van der Waals surface area contributed by atoms with Crippen LogP contribution in [0.5, 0.6) is 0 Å². The number of aliphatic hydroxyl groups excluding tert-OH is 1. The van der Waals surface area contributed by atoms with Crippen molar-refractivity contribution in [3.05, 3.63) is 0 Å². The molecule has 0 saturated carbocycles. The van der Waals surface area contributed by atoms with Crippen LogP contribution in [0.4, 0.5) is 0 Å². The van der Waals surface area contributed by atoms with Gasteiger partial charge in [-0.1, -0.05) is 6.92 Å². The summed E-state index contributed by atoms with van der Waals surface area (Å²) >= 11 is 0. The number of ether oxygens (including phenoxy) is 1. The van der Waals surface area contributed by atoms with Crippen LogP contribution >= 0.6 is 0 Å². The summed E-state index contributed by atoms with van der Waals surface area (Å²) in [6.45, 7) is 4.23. The summed E-state index contributed by atoms with van der Waals surface area (Å²) in [5.74, 6) is -1.21. The number of aliphatic carboxylic acids is 1. The van der Waals surface area contributed by atoms with Crippen LogP contribution in [0, 0.1) is 5.92 Å². The van der Waals surface area contributed by atoms with E-state index >= 15 is 0 Å². The highest BCUT2D eigenvalue weighted by Crippen LogP contribution is 2.14. The molecule has 0 aliphatic carbocycles. The maximum absolute atomic E-state index is 10.8. The van der Waals surface area contributed by atoms with Crippen molar-refractivity contribution in [1.82, 2.24) is 4.90 Å². The van der Waals surface area contributed by atoms with E-state index in [-0.39, 0.29) is 12.7 Å². The van der Waals surface area contributed by atoms with Crippen molar-refractivity contribution in [1.29, 1.82) is 0 Å². The van der Waals surface area contributed by atoms with Crippen LogP contribution in [0.25, 0.3) is 0 Å². The van der Waals surface area contributed by atoms with Crippen molar-refractivity contribution in [2.75, 3.05) is 32.8 Å². The van der Waals surface area contributed by atoms with E-state index in [1.165, 1.54) is 0 Å². The van der Waals surface area contributed by atoms with Crippen LogP contribution in [0.2, 0.25) is 0 Å². The Morgan fingerprint density at radius 1 is 1.62 bits per heavy atom. The Morgan fingerprint density at radius 2 is 2.38 bits per heavy atom. The normalized spacial score (nSPS) is 22.6. The van der Waals surface area contributed by atoms with E-state index in [0.717, 1.165) is 26.0 Å². The molecule has 0 aromatic carbocycles. The summed E-state index contributed by atoms with van der Waals surface area (Å²) < 4.78 is 5.50. The topological polar surface area (TPSA) is 70.0 Å². The minimum absolute atomic E-state index is 0.0546. The number of carboxylic acids is 1. The van der Waals surface area contributed by atoms with Gasteiger partial charge < -0.3 is 14.9 Å². The quantitative estimate of drug-likeness (QED) is 0.654. The molecular weight excluding hydrogens is 210 g/mol. The van der Waals surface area contributed by atoms with Crippen molar-refractivity contribution in [2.24, 2.45) is 5.92 Å². The molecule has 0 bridgehead atoms. The first-order valence-electron chi connectivity index (χ1n) is 5.81. The first-order chi connectivity index (χ1) is 7.63. The Hall–Kier alpha value is -0.650. The molecule has 0 aromatic heterocycles. The predicted octanol–water partition coefficient (Wildman–Crippen LogP) is 0.180. The van der Waals surface area contributed by atoms with Crippen LogP contribution in [-0.4, -0.2) is 60.0 Å². The van der Waals surface area contributed by atoms with Crippen molar-refractivity contribution in [2.45, 2.75) is 25.9 Å². The average molecular weight is 231 g/mol. The molecule has 16 heavy (non-hydrogen) atoms. The van der Waals surface area contributed by atoms with Crippen molar-refractivity contribution >= 4 is 5.97 Å². The molecular formula is C11H21NO4. The summed E-state index contributed by atoms with van der Waals surface area (Å²) in [6, 6.07) is 0. The Kier molecular flexibility index (Phi) is 5.73. The highest BCUT2D eigenvalue weighted by molar-refractivity contribution is 5.69. The van der Waals surface area contributed by atoms with Gasteiger partial charge in [0.2, 0.25) is 0 Å². The highest BCUT2D eigenvalue weighted by atomic mass is 16.5. The molecule has 1 heterocycles. The summed E-state index contributed by atoms with van der Waals surface area (Å²) in [6.07, 6.45) is 2.31. The lowest BCUT2D eigenvalue weighted by atomic mass is 10.1. The zero-order valence-electron chi connectivity index (χ0n) is 9.76. The molecule has 2 unspecified atom stereocenters. The summed E-state index contributed by atoms with van der Waals surface area (Å²) in [7, 11) is 0. The van der Waals surface area contributed by atoms with E-state index in [0.29, 0.717) is 13.1 Å². The van der Waals surface area contributed by atoms with Crippen LogP contribution in [0.3, 0.4) is 0 Å². The fraction of sp³-hybridized carbons (Fsp3) is 0.909. The molecule has 0 aromatic rings. The molecule has 1 aliphatic rings. The largest absolute Gasteiger partial charge is 0.481 e. The summed E-state index contributed by atoms with van der Waals surface area (Å²) in [4.78, 5) is 12.7. The predicted molar refractivity (Wildman–Crippen MR) is 59.3 cm³/mol. The molecule has 2 N–H and O–H groups in total. The summed E-state index contributed by atoms with van der Waals surface area (Å²) in [5.41, 5.74) is 0. The highest BCUT2D eigenvalue weighted by Gasteiger charge is 2.22. The second-order valence-corrected chi connectivity index (χ2v) is 4.36. The second kappa shape index (κ2) is 6.83. The minimum atomic E-state index is -0.796. The van der Waals surface area contributed by atoms with Gasteiger partial charge >= 0.3 is 5.97 Å². The first-order valence-corrected chi connectivity index (χ1v) is 5.81. The van der Waals surface area contributed by atoms with E-state index in [4.69, 9.17) is 14.9 Å². The van der Waals surface area contributed by atoms with Crippen molar-refractivity contribution < 1.29 is 19.7 Å². The Bertz CT molecular complexity index is 216. The van der Waals surface area contributed by atoms with E-state index in [9.17, 15) is 4.79 Å². The van der Waals surface area contributed by atoms with Gasteiger partial charge in [-0.15, -0.1) is 0 Å². The third kappa shape index (κ3) is 4.47. The van der Waals surface area contributed by atoms with Crippen LogP contribution in [-0.2, 0) is 9.53 Å². The SMILES string of the molecule is CC(CN(CCO)CC1CCCO1)C(=O)O. The lowest BCUT2D eigenvalue weighted by Crippen LogP contribution is -2.39. The van der Waals surface area contributed by atoms with Crippen molar-refractivity contribution in [3.63, 3.8) is 0 Å². The zero-order valence-corrected chi connectivity index (χ0v) is 9.76. The molecule has 1 aliphatic heterocycles. The fourth-order valence-electron chi connectivity index (χ4n) is 1.94. The lowest BCUT2D eigenvalue weighted by molar-refractivity contribution is -0.141. The monoisotopic (exact) mass is 231 g/mol. The van der Waals surface area contributed by atoms with E-state index in [1.807, 2.05) is 4.90 Å². The smallest absolute Gasteiger partial charge is 0.307 e. The Balaban J connectivity index is 2.36. The molecule has 2 atom stereocenters. The van der Waals surface area contributed by atoms with Crippen molar-refractivity contribution in [3.8, 4) is 0 Å². The molecule has 94 valence electrons. The fourth-order valence-corrected chi connectivity index (χ4v) is 1.94. The maximum Gasteiger partial charge on any atom is 0.307 e. The molecule has 5 heteroatoms. The number of carboxylic acid groups (broad SMARTS) is 1. The third-order valence-corrected chi connectivity index (χ3v) is 2.86. The van der Waals surface area contributed by atoms with Gasteiger partial charge in [-0.25, -0.2) is 0 Å². The average Bonchev–Trinajstić information content (AvgIpc) is 2.70. The van der Waals surface area contributed by atoms with Gasteiger partial charge in [0.1, 0.15) is 0 Å². The molecule has 1 fully saturated rings. The first kappa shape index (κ1) is 13.4. The standard InChI is InChI=1S/C11H21NO4/c1-9(11(14)15)7-12(4-5-13)8-10-3-2-6-16-10/h9-10,13H,2-8H2,1H3,(H,14,15). The number of hydrogen-bond donors (Lipinski definition) is 2. The van der Waals surface area contributed by atoms with Gasteiger partial charge in [0.05, 0.1) is 18.6 Å². The molecule has 0 amide bonds. The van der Waals surface area contributed by atoms with E-state index < -0.39 is 11.9 Å². The Labute approximate surface area is 96.0 Å². The van der Waals surface area contributed by atoms with Gasteiger partial charge in [0.25, 0.3) is 0 Å². The lowest BCUT2D eigenvalue weighted by Gasteiger charge is -2.25. The van der Waals surface area contributed by atoms with Crippen LogP contribution in [0.1, 0.15) is 19.8 Å². The number of nitrogens with zero attached hydrogens (tertiary/aromatic N) is 1. The molecule has 5 nitrogen and oxygen atoms in total. The maximum atomic E-state index is 10.8. The third-order valence-electron chi connectivity index (χ3n) is 2.86. The summed E-state index contributed by atoms with van der Waals surface area (Å²) in [5, 5.41) is 17.8. The van der Waals surface area contributed by atoms with Gasteiger partial charge in [-0.05, 0) is 12.8 Å². The van der Waals surface area contributed by atoms with Gasteiger partial charge in [-0.3, -0.25) is 9.69 Å². The molecule has 0 radical (unpaired) electrons. The molecule has 1 rings (SSSR count). The molecule has 1 saturated heterocycles. The van der Waals surface area contributed by atoms with E-state index in [2.05, 4.69) is 0 Å². The van der Waals surface area contributed by atoms with Crippen LogP contribution < -0.4 is 0 Å². The van der Waals surface area contributed by atoms with Gasteiger partial charge in [0.15, 0.2) is 0 Å². The van der Waals surface area contributed by atoms with Crippen LogP contribution in [0.15, 0.2) is 0 Å². The number of carbonyl (C=O) groups is 1. The molecule has 0 spiro atoms. The second-order valence-electron chi connectivity index (χ2n) is 4.36. The van der Waals surface area contributed by atoms with E-state index in [1.54, 1.807) is 6.92 Å². The van der Waals surface area contributed by atoms with Gasteiger partial charge in [-0.2, -0.15) is 0 Å². The number of rotatable bonds is 7. The number of aliphatic hydroxyl groups is 1.